The molecule has 6 rings (SSSR count). The Morgan fingerprint density at radius 2 is 1.57 bits per heavy atom. The number of nitrogens with zero attached hydrogens (tertiary/aromatic N) is 5. The number of imidazole rings is 1. The average Bonchev–Trinajstić information content (AvgIpc) is 3.44. The van der Waals surface area contributed by atoms with Crippen molar-refractivity contribution in [1.29, 1.82) is 0 Å². The summed E-state index contributed by atoms with van der Waals surface area (Å²) in [6, 6.07) is 20.4. The first-order valence-corrected chi connectivity index (χ1v) is 16.5. The zero-order valence-corrected chi connectivity index (χ0v) is 28.2. The van der Waals surface area contributed by atoms with Crippen LogP contribution in [0.25, 0.3) is 22.2 Å². The van der Waals surface area contributed by atoms with Crippen molar-refractivity contribution in [3.8, 4) is 11.1 Å². The molecule has 1 amide bonds. The SMILES string of the molecule is O=C(Cn1c(CCc2cccc(F)c2F)cc(=O)c2cccnc21)N(CCn1cnc(Cl)c1Cl)Cc1ccc(-c2ccc(C(F)(F)F)cc2)cc1. The van der Waals surface area contributed by atoms with Crippen LogP contribution in [0.2, 0.25) is 10.3 Å². The molecule has 0 aliphatic rings. The fraction of sp³-hybridized carbons (Fsp3) is 0.189. The van der Waals surface area contributed by atoms with Crippen LogP contribution in [0.4, 0.5) is 22.0 Å². The first-order chi connectivity index (χ1) is 24.4. The molecule has 0 fully saturated rings. The third-order valence-electron chi connectivity index (χ3n) is 8.50. The van der Waals surface area contributed by atoms with Crippen LogP contribution in [-0.2, 0) is 43.4 Å². The summed E-state index contributed by atoms with van der Waals surface area (Å²) in [5.41, 5.74) is 1.75. The Labute approximate surface area is 298 Å². The number of hydrogen-bond acceptors (Lipinski definition) is 4. The lowest BCUT2D eigenvalue weighted by atomic mass is 10.0. The second-order valence-corrected chi connectivity index (χ2v) is 12.5. The third kappa shape index (κ3) is 8.13. The lowest BCUT2D eigenvalue weighted by Gasteiger charge is -2.25. The summed E-state index contributed by atoms with van der Waals surface area (Å²) in [6.45, 7) is 0.308. The Morgan fingerprint density at radius 1 is 0.863 bits per heavy atom. The van der Waals surface area contributed by atoms with Gasteiger partial charge in [0.15, 0.2) is 22.2 Å². The van der Waals surface area contributed by atoms with E-state index in [1.165, 1.54) is 42.9 Å². The molecule has 0 radical (unpaired) electrons. The van der Waals surface area contributed by atoms with Gasteiger partial charge < -0.3 is 14.0 Å². The number of amides is 1. The van der Waals surface area contributed by atoms with Crippen molar-refractivity contribution in [3.05, 3.63) is 152 Å². The van der Waals surface area contributed by atoms with Crippen LogP contribution in [0.3, 0.4) is 0 Å². The monoisotopic (exact) mass is 739 g/mol. The number of aromatic nitrogens is 4. The molecule has 0 saturated heterocycles. The van der Waals surface area contributed by atoms with Crippen molar-refractivity contribution >= 4 is 40.1 Å². The second kappa shape index (κ2) is 15.0. The Bertz CT molecular complexity index is 2250. The molecule has 0 aliphatic carbocycles. The summed E-state index contributed by atoms with van der Waals surface area (Å²) in [4.78, 5) is 37.2. The largest absolute Gasteiger partial charge is 0.416 e. The maximum Gasteiger partial charge on any atom is 0.416 e. The van der Waals surface area contributed by atoms with Gasteiger partial charge in [-0.05, 0) is 65.4 Å². The zero-order chi connectivity index (χ0) is 36.3. The van der Waals surface area contributed by atoms with Crippen molar-refractivity contribution in [2.24, 2.45) is 0 Å². The van der Waals surface area contributed by atoms with Gasteiger partial charge in [0.1, 0.15) is 17.3 Å². The molecule has 3 aromatic heterocycles. The molecule has 3 heterocycles. The van der Waals surface area contributed by atoms with Gasteiger partial charge in [0.05, 0.1) is 17.3 Å². The maximum absolute atomic E-state index is 14.5. The number of rotatable bonds is 11. The quantitative estimate of drug-likeness (QED) is 0.125. The van der Waals surface area contributed by atoms with E-state index < -0.39 is 23.4 Å². The number of carbonyl (C=O) groups excluding carboxylic acids is 1. The number of aryl methyl sites for hydroxylation is 2. The van der Waals surface area contributed by atoms with Crippen molar-refractivity contribution in [2.75, 3.05) is 6.54 Å². The topological polar surface area (TPSA) is 73.0 Å². The number of carbonyl (C=O) groups is 1. The summed E-state index contributed by atoms with van der Waals surface area (Å²) >= 11 is 12.3. The highest BCUT2D eigenvalue weighted by atomic mass is 35.5. The van der Waals surface area contributed by atoms with Crippen molar-refractivity contribution in [2.45, 2.75) is 38.7 Å². The number of hydrogen-bond donors (Lipinski definition) is 0. The molecule has 0 spiro atoms. The summed E-state index contributed by atoms with van der Waals surface area (Å²) in [6.07, 6.45) is -1.31. The van der Waals surface area contributed by atoms with Gasteiger partial charge in [-0.1, -0.05) is 71.7 Å². The number of benzene rings is 3. The van der Waals surface area contributed by atoms with E-state index in [9.17, 15) is 31.5 Å². The third-order valence-corrected chi connectivity index (χ3v) is 9.27. The Balaban J connectivity index is 1.29. The molecule has 14 heteroatoms. The highest BCUT2D eigenvalue weighted by Crippen LogP contribution is 2.31. The fourth-order valence-corrected chi connectivity index (χ4v) is 6.09. The molecular formula is C37H28Cl2F5N5O2. The molecule has 0 saturated carbocycles. The minimum Gasteiger partial charge on any atom is -0.335 e. The van der Waals surface area contributed by atoms with Crippen molar-refractivity contribution < 1.29 is 26.7 Å². The van der Waals surface area contributed by atoms with E-state index in [0.29, 0.717) is 16.8 Å². The number of alkyl halides is 3. The molecule has 6 aromatic rings. The molecule has 3 aromatic carbocycles. The van der Waals surface area contributed by atoms with Crippen molar-refractivity contribution in [1.82, 2.24) is 24.0 Å². The molecule has 0 aliphatic heterocycles. The van der Waals surface area contributed by atoms with Gasteiger partial charge in [-0.3, -0.25) is 9.59 Å². The van der Waals surface area contributed by atoms with Crippen molar-refractivity contribution in [3.63, 3.8) is 0 Å². The normalized spacial score (nSPS) is 11.7. The van der Waals surface area contributed by atoms with Gasteiger partial charge in [0.2, 0.25) is 5.91 Å². The standard InChI is InChI=1S/C37H28Cl2F5N5O2/c38-34-35(39)48(22-46-34)18-17-47(20-23-6-8-24(9-7-23)25-10-13-27(14-11-25)37(42,43)44)32(51)21-49-28(15-12-26-3-1-5-30(40)33(26)41)19-31(50)29-4-2-16-45-36(29)49/h1-11,13-14,16,19,22H,12,15,17-18,20-21H2. The smallest absolute Gasteiger partial charge is 0.335 e. The van der Waals surface area contributed by atoms with Gasteiger partial charge in [0, 0.05) is 37.6 Å². The summed E-state index contributed by atoms with van der Waals surface area (Å²) < 4.78 is 70.8. The Kier molecular flexibility index (Phi) is 10.5. The minimum absolute atomic E-state index is 0.0600. The number of pyridine rings is 2. The predicted octanol–water partition coefficient (Wildman–Crippen LogP) is 8.38. The van der Waals surface area contributed by atoms with Crippen LogP contribution in [0, 0.1) is 11.6 Å². The lowest BCUT2D eigenvalue weighted by molar-refractivity contribution is -0.137. The number of fused-ring (bicyclic) bond motifs is 1. The highest BCUT2D eigenvalue weighted by Gasteiger charge is 2.30. The highest BCUT2D eigenvalue weighted by molar-refractivity contribution is 6.40. The summed E-state index contributed by atoms with van der Waals surface area (Å²) in [5.74, 6) is -2.31. The molecule has 262 valence electrons. The molecule has 0 unspecified atom stereocenters. The van der Waals surface area contributed by atoms with E-state index in [1.807, 2.05) is 0 Å². The van der Waals surface area contributed by atoms with E-state index in [0.717, 1.165) is 23.8 Å². The lowest BCUT2D eigenvalue weighted by Crippen LogP contribution is -2.36. The molecular weight excluding hydrogens is 712 g/mol. The average molecular weight is 741 g/mol. The zero-order valence-electron chi connectivity index (χ0n) is 26.7. The summed E-state index contributed by atoms with van der Waals surface area (Å²) in [5, 5.41) is 0.599. The van der Waals surface area contributed by atoms with Gasteiger partial charge in [-0.15, -0.1) is 0 Å². The first kappa shape index (κ1) is 35.7. The van der Waals surface area contributed by atoms with E-state index >= 15 is 0 Å². The van der Waals surface area contributed by atoms with Crippen LogP contribution in [0.5, 0.6) is 0 Å². The summed E-state index contributed by atoms with van der Waals surface area (Å²) in [7, 11) is 0. The Hall–Kier alpha value is -5.07. The molecule has 0 N–H and O–H groups in total. The second-order valence-electron chi connectivity index (χ2n) is 11.8. The fourth-order valence-electron chi connectivity index (χ4n) is 5.76. The molecule has 0 atom stereocenters. The van der Waals surface area contributed by atoms with Crippen LogP contribution < -0.4 is 5.43 Å². The first-order valence-electron chi connectivity index (χ1n) is 15.7. The minimum atomic E-state index is -4.44. The molecule has 7 nitrogen and oxygen atoms in total. The van der Waals surface area contributed by atoms with E-state index in [1.54, 1.807) is 50.4 Å². The van der Waals surface area contributed by atoms with E-state index in [-0.39, 0.29) is 77.3 Å². The number of halogens is 7. The van der Waals surface area contributed by atoms with E-state index in [2.05, 4.69) is 9.97 Å². The van der Waals surface area contributed by atoms with Crippen LogP contribution >= 0.6 is 23.2 Å². The van der Waals surface area contributed by atoms with Gasteiger partial charge in [-0.2, -0.15) is 13.2 Å². The van der Waals surface area contributed by atoms with Gasteiger partial charge in [0.25, 0.3) is 0 Å². The van der Waals surface area contributed by atoms with Crippen LogP contribution in [-0.4, -0.2) is 36.5 Å². The van der Waals surface area contributed by atoms with Crippen LogP contribution in [0.15, 0.2) is 102 Å². The van der Waals surface area contributed by atoms with Gasteiger partial charge in [-0.25, -0.2) is 18.7 Å². The Morgan fingerprint density at radius 3 is 2.24 bits per heavy atom. The molecule has 51 heavy (non-hydrogen) atoms. The predicted molar refractivity (Wildman–Crippen MR) is 184 cm³/mol. The maximum atomic E-state index is 14.5. The van der Waals surface area contributed by atoms with Crippen LogP contribution in [0.1, 0.15) is 22.4 Å². The van der Waals surface area contributed by atoms with E-state index in [4.69, 9.17) is 23.2 Å². The van der Waals surface area contributed by atoms with Gasteiger partial charge >= 0.3 is 6.18 Å². The molecule has 0 bridgehead atoms.